The van der Waals surface area contributed by atoms with Crippen molar-refractivity contribution >= 4 is 16.3 Å². The van der Waals surface area contributed by atoms with Crippen LogP contribution in [-0.4, -0.2) is 14.6 Å². The fraction of sp³-hybridized carbons (Fsp3) is 0.412. The second-order valence-corrected chi connectivity index (χ2v) is 7.20. The van der Waals surface area contributed by atoms with E-state index in [4.69, 9.17) is 10.1 Å². The molecule has 0 aliphatic rings. The second-order valence-electron chi connectivity index (χ2n) is 6.15. The van der Waals surface area contributed by atoms with Crippen molar-refractivity contribution in [3.05, 3.63) is 41.0 Å². The van der Waals surface area contributed by atoms with Crippen molar-refractivity contribution in [3.8, 4) is 11.3 Å². The monoisotopic (exact) mass is 299 g/mol. The summed E-state index contributed by atoms with van der Waals surface area (Å²) in [7, 11) is 0. The van der Waals surface area contributed by atoms with Gasteiger partial charge in [-0.2, -0.15) is 5.10 Å². The molecule has 0 saturated carbocycles. The van der Waals surface area contributed by atoms with E-state index in [0.717, 1.165) is 17.1 Å². The van der Waals surface area contributed by atoms with Gasteiger partial charge in [-0.15, -0.1) is 0 Å². The SMILES string of the molecule is CC(C)Cc1nn2c(C(C)C)c(-c3ccccc3)nc2s1. The number of fused-ring (bicyclic) bond motifs is 1. The Labute approximate surface area is 129 Å². The molecular formula is C17H21N3S. The first-order chi connectivity index (χ1) is 10.1. The summed E-state index contributed by atoms with van der Waals surface area (Å²) in [5.41, 5.74) is 3.45. The van der Waals surface area contributed by atoms with Gasteiger partial charge in [0.05, 0.1) is 11.4 Å². The van der Waals surface area contributed by atoms with Crippen molar-refractivity contribution < 1.29 is 0 Å². The molecule has 4 heteroatoms. The van der Waals surface area contributed by atoms with Crippen LogP contribution in [-0.2, 0) is 6.42 Å². The van der Waals surface area contributed by atoms with Crippen LogP contribution in [0.25, 0.3) is 16.2 Å². The minimum atomic E-state index is 0.393. The Hall–Kier alpha value is -1.68. The van der Waals surface area contributed by atoms with E-state index in [1.807, 2.05) is 6.07 Å². The highest BCUT2D eigenvalue weighted by Crippen LogP contribution is 2.31. The maximum Gasteiger partial charge on any atom is 0.212 e. The van der Waals surface area contributed by atoms with E-state index in [1.54, 1.807) is 11.3 Å². The Balaban J connectivity index is 2.14. The van der Waals surface area contributed by atoms with Gasteiger partial charge >= 0.3 is 0 Å². The van der Waals surface area contributed by atoms with Gasteiger partial charge in [-0.3, -0.25) is 0 Å². The minimum Gasteiger partial charge on any atom is -0.217 e. The van der Waals surface area contributed by atoms with Crippen molar-refractivity contribution in [2.45, 2.75) is 40.0 Å². The van der Waals surface area contributed by atoms with Crippen LogP contribution in [0.1, 0.15) is 44.3 Å². The molecule has 0 bridgehead atoms. The Kier molecular flexibility index (Phi) is 3.81. The Morgan fingerprint density at radius 3 is 2.43 bits per heavy atom. The molecule has 2 aromatic heterocycles. The first-order valence-electron chi connectivity index (χ1n) is 7.50. The summed E-state index contributed by atoms with van der Waals surface area (Å²) >= 11 is 1.71. The van der Waals surface area contributed by atoms with Gasteiger partial charge < -0.3 is 0 Å². The highest BCUT2D eigenvalue weighted by molar-refractivity contribution is 7.16. The second kappa shape index (κ2) is 5.60. The number of hydrogen-bond acceptors (Lipinski definition) is 3. The Bertz CT molecular complexity index is 738. The van der Waals surface area contributed by atoms with Gasteiger partial charge in [0.15, 0.2) is 0 Å². The van der Waals surface area contributed by atoms with Crippen molar-refractivity contribution in [2.75, 3.05) is 0 Å². The first-order valence-corrected chi connectivity index (χ1v) is 8.31. The molecule has 2 heterocycles. The molecule has 1 aromatic carbocycles. The van der Waals surface area contributed by atoms with Crippen LogP contribution < -0.4 is 0 Å². The van der Waals surface area contributed by atoms with E-state index in [2.05, 4.69) is 56.5 Å². The number of imidazole rings is 1. The van der Waals surface area contributed by atoms with Gasteiger partial charge in [0.25, 0.3) is 0 Å². The van der Waals surface area contributed by atoms with E-state index in [-0.39, 0.29) is 0 Å². The van der Waals surface area contributed by atoms with Gasteiger partial charge in [-0.1, -0.05) is 69.4 Å². The molecule has 110 valence electrons. The molecular weight excluding hydrogens is 278 g/mol. The highest BCUT2D eigenvalue weighted by atomic mass is 32.1. The molecule has 21 heavy (non-hydrogen) atoms. The maximum atomic E-state index is 4.85. The predicted molar refractivity (Wildman–Crippen MR) is 88.9 cm³/mol. The third-order valence-electron chi connectivity index (χ3n) is 3.46. The number of aromatic nitrogens is 3. The van der Waals surface area contributed by atoms with E-state index >= 15 is 0 Å². The van der Waals surface area contributed by atoms with Gasteiger partial charge in [0.2, 0.25) is 4.96 Å². The van der Waals surface area contributed by atoms with Gasteiger partial charge in [0.1, 0.15) is 5.01 Å². The molecule has 0 N–H and O–H groups in total. The number of rotatable bonds is 4. The fourth-order valence-corrected chi connectivity index (χ4v) is 3.67. The zero-order valence-electron chi connectivity index (χ0n) is 13.0. The third kappa shape index (κ3) is 2.72. The van der Waals surface area contributed by atoms with Crippen LogP contribution in [0.15, 0.2) is 30.3 Å². The molecule has 3 rings (SSSR count). The Morgan fingerprint density at radius 2 is 1.81 bits per heavy atom. The van der Waals surface area contributed by atoms with Gasteiger partial charge in [-0.05, 0) is 11.8 Å². The van der Waals surface area contributed by atoms with Crippen LogP contribution in [0, 0.1) is 5.92 Å². The summed E-state index contributed by atoms with van der Waals surface area (Å²) in [5, 5.41) is 5.97. The average Bonchev–Trinajstić information content (AvgIpc) is 2.95. The average molecular weight is 299 g/mol. The summed E-state index contributed by atoms with van der Waals surface area (Å²) in [6.45, 7) is 8.86. The molecule has 0 aliphatic carbocycles. The Morgan fingerprint density at radius 1 is 1.10 bits per heavy atom. The number of nitrogens with zero attached hydrogens (tertiary/aromatic N) is 3. The molecule has 0 aliphatic heterocycles. The summed E-state index contributed by atoms with van der Waals surface area (Å²) in [5.74, 6) is 1.01. The number of hydrogen-bond donors (Lipinski definition) is 0. The normalized spacial score (nSPS) is 11.9. The highest BCUT2D eigenvalue weighted by Gasteiger charge is 2.20. The molecule has 0 radical (unpaired) electrons. The zero-order chi connectivity index (χ0) is 15.0. The molecule has 0 fully saturated rings. The van der Waals surface area contributed by atoms with Crippen LogP contribution in [0.5, 0.6) is 0 Å². The van der Waals surface area contributed by atoms with Crippen molar-refractivity contribution in [1.82, 2.24) is 14.6 Å². The van der Waals surface area contributed by atoms with E-state index in [0.29, 0.717) is 11.8 Å². The van der Waals surface area contributed by atoms with Crippen LogP contribution in [0.2, 0.25) is 0 Å². The topological polar surface area (TPSA) is 30.2 Å². The summed E-state index contributed by atoms with van der Waals surface area (Å²) in [4.78, 5) is 5.86. The summed E-state index contributed by atoms with van der Waals surface area (Å²) in [6, 6.07) is 10.4. The molecule has 3 aromatic rings. The quantitative estimate of drug-likeness (QED) is 0.694. The van der Waals surface area contributed by atoms with E-state index < -0.39 is 0 Å². The predicted octanol–water partition coefficient (Wildman–Crippen LogP) is 4.78. The molecule has 0 spiro atoms. The van der Waals surface area contributed by atoms with Crippen LogP contribution in [0.4, 0.5) is 0 Å². The molecule has 3 nitrogen and oxygen atoms in total. The lowest BCUT2D eigenvalue weighted by Crippen LogP contribution is -2.00. The smallest absolute Gasteiger partial charge is 0.212 e. The lowest BCUT2D eigenvalue weighted by atomic mass is 10.0. The first kappa shape index (κ1) is 14.3. The maximum absolute atomic E-state index is 4.85. The van der Waals surface area contributed by atoms with E-state index in [1.165, 1.54) is 16.3 Å². The van der Waals surface area contributed by atoms with Gasteiger partial charge in [0, 0.05) is 12.0 Å². The summed E-state index contributed by atoms with van der Waals surface area (Å²) in [6.07, 6.45) is 1.02. The van der Waals surface area contributed by atoms with Crippen molar-refractivity contribution in [3.63, 3.8) is 0 Å². The minimum absolute atomic E-state index is 0.393. The fourth-order valence-electron chi connectivity index (χ4n) is 2.56. The molecule has 0 unspecified atom stereocenters. The lowest BCUT2D eigenvalue weighted by molar-refractivity contribution is 0.633. The van der Waals surface area contributed by atoms with Gasteiger partial charge in [-0.25, -0.2) is 9.50 Å². The van der Waals surface area contributed by atoms with E-state index in [9.17, 15) is 0 Å². The van der Waals surface area contributed by atoms with Crippen LogP contribution in [0.3, 0.4) is 0 Å². The molecule has 0 atom stereocenters. The standard InChI is InChI=1S/C17H21N3S/c1-11(2)10-14-19-20-16(12(3)4)15(18-17(20)21-14)13-8-6-5-7-9-13/h5-9,11-12H,10H2,1-4H3. The van der Waals surface area contributed by atoms with Crippen LogP contribution >= 0.6 is 11.3 Å². The lowest BCUT2D eigenvalue weighted by Gasteiger charge is -2.07. The molecule has 0 saturated heterocycles. The third-order valence-corrected chi connectivity index (χ3v) is 4.39. The number of benzene rings is 1. The zero-order valence-corrected chi connectivity index (χ0v) is 13.8. The van der Waals surface area contributed by atoms with Crippen molar-refractivity contribution in [2.24, 2.45) is 5.92 Å². The largest absolute Gasteiger partial charge is 0.217 e. The van der Waals surface area contributed by atoms with Crippen molar-refractivity contribution in [1.29, 1.82) is 0 Å². The molecule has 0 amide bonds. The summed E-state index contributed by atoms with van der Waals surface area (Å²) < 4.78 is 2.05.